The van der Waals surface area contributed by atoms with Crippen LogP contribution in [-0.2, 0) is 9.09 Å². The van der Waals surface area contributed by atoms with Gasteiger partial charge < -0.3 is 9.63 Å². The Bertz CT molecular complexity index is 729. The third-order valence-electron chi connectivity index (χ3n) is 2.94. The summed E-state index contributed by atoms with van der Waals surface area (Å²) in [6.45, 7) is 3.76. The second kappa shape index (κ2) is 5.97. The molecule has 0 saturated heterocycles. The normalized spacial score (nSPS) is 13.7. The summed E-state index contributed by atoms with van der Waals surface area (Å²) in [4.78, 5) is 15.0. The number of anilines is 1. The third-order valence-corrected chi connectivity index (χ3v) is 5.91. The fourth-order valence-electron chi connectivity index (χ4n) is 1.96. The zero-order valence-corrected chi connectivity index (χ0v) is 13.5. The lowest BCUT2D eigenvalue weighted by Crippen LogP contribution is -2.17. The average Bonchev–Trinajstić information content (AvgIpc) is 2.86. The molecule has 0 aliphatic carbocycles. The second-order valence-corrected chi connectivity index (χ2v) is 7.50. The fourth-order valence-corrected chi connectivity index (χ4v) is 4.27. The summed E-state index contributed by atoms with van der Waals surface area (Å²) in [5.74, 6) is -1.07. The highest BCUT2D eigenvalue weighted by atomic mass is 32.1. The van der Waals surface area contributed by atoms with Gasteiger partial charge in [0.25, 0.3) is 0 Å². The van der Waals surface area contributed by atoms with Gasteiger partial charge >= 0.3 is 13.5 Å². The monoisotopic (exact) mass is 326 g/mol. The summed E-state index contributed by atoms with van der Waals surface area (Å²) in [7, 11) is -2.12. The van der Waals surface area contributed by atoms with Gasteiger partial charge in [0.05, 0.1) is 10.8 Å². The molecule has 112 valence electrons. The lowest BCUT2D eigenvalue weighted by molar-refractivity contribution is 0.0703. The molecule has 0 radical (unpaired) electrons. The number of carbonyl (C=O) groups is 1. The SMILES string of the molecule is COP(=O)(Nc1ncsc1C(=O)O)c1ccc(C)cc1C. The average molecular weight is 326 g/mol. The fraction of sp³-hybridized carbons (Fsp3) is 0.231. The van der Waals surface area contributed by atoms with Gasteiger partial charge in [-0.3, -0.25) is 9.65 Å². The minimum absolute atomic E-state index is 0.00274. The van der Waals surface area contributed by atoms with Crippen LogP contribution < -0.4 is 10.4 Å². The topological polar surface area (TPSA) is 88.5 Å². The molecule has 8 heteroatoms. The molecule has 0 spiro atoms. The predicted molar refractivity (Wildman–Crippen MR) is 82.9 cm³/mol. The number of aromatic nitrogens is 1. The molecule has 1 unspecified atom stereocenters. The third kappa shape index (κ3) is 3.15. The van der Waals surface area contributed by atoms with E-state index in [9.17, 15) is 9.36 Å². The first kappa shape index (κ1) is 15.7. The standard InChI is InChI=1S/C13H15N2O4PS/c1-8-4-5-10(9(2)6-8)20(18,19-3)15-12-11(13(16)17)21-7-14-12/h4-7H,1-3H3,(H,15,18)(H,16,17). The van der Waals surface area contributed by atoms with Crippen molar-refractivity contribution in [3.63, 3.8) is 0 Å². The van der Waals surface area contributed by atoms with E-state index < -0.39 is 13.5 Å². The van der Waals surface area contributed by atoms with Crippen LogP contribution in [0, 0.1) is 13.8 Å². The van der Waals surface area contributed by atoms with Crippen molar-refractivity contribution in [1.82, 2.24) is 4.98 Å². The first-order valence-corrected chi connectivity index (χ1v) is 8.56. The smallest absolute Gasteiger partial charge is 0.349 e. The van der Waals surface area contributed by atoms with E-state index in [0.717, 1.165) is 22.5 Å². The highest BCUT2D eigenvalue weighted by molar-refractivity contribution is 7.68. The van der Waals surface area contributed by atoms with Crippen LogP contribution in [0.5, 0.6) is 0 Å². The molecule has 0 aliphatic rings. The summed E-state index contributed by atoms with van der Waals surface area (Å²) in [6, 6.07) is 5.44. The summed E-state index contributed by atoms with van der Waals surface area (Å²) < 4.78 is 18.2. The number of carboxylic acid groups (broad SMARTS) is 1. The number of rotatable bonds is 5. The molecule has 1 aromatic heterocycles. The zero-order valence-electron chi connectivity index (χ0n) is 11.8. The van der Waals surface area contributed by atoms with Gasteiger partial charge in [-0.05, 0) is 25.5 Å². The summed E-state index contributed by atoms with van der Waals surface area (Å²) in [6.07, 6.45) is 0. The molecule has 0 amide bonds. The van der Waals surface area contributed by atoms with Crippen LogP contribution in [0.1, 0.15) is 20.8 Å². The second-order valence-electron chi connectivity index (χ2n) is 4.47. The van der Waals surface area contributed by atoms with Crippen LogP contribution in [0.25, 0.3) is 0 Å². The van der Waals surface area contributed by atoms with Crippen molar-refractivity contribution in [1.29, 1.82) is 0 Å². The van der Waals surface area contributed by atoms with Crippen LogP contribution in [0.3, 0.4) is 0 Å². The molecule has 0 saturated carbocycles. The Labute approximate surface area is 126 Å². The number of carboxylic acids is 1. The van der Waals surface area contributed by atoms with Gasteiger partial charge in [-0.25, -0.2) is 9.78 Å². The molecule has 2 rings (SSSR count). The number of hydrogen-bond donors (Lipinski definition) is 2. The highest BCUT2D eigenvalue weighted by Gasteiger charge is 2.29. The quantitative estimate of drug-likeness (QED) is 0.821. The predicted octanol–water partition coefficient (Wildman–Crippen LogP) is 3.04. The molecule has 2 N–H and O–H groups in total. The minimum Gasteiger partial charge on any atom is -0.477 e. The molecule has 2 aromatic rings. The van der Waals surface area contributed by atoms with Crippen molar-refractivity contribution >= 4 is 35.9 Å². The number of thiazole rings is 1. The Kier molecular flexibility index (Phi) is 4.46. The van der Waals surface area contributed by atoms with Crippen molar-refractivity contribution in [2.75, 3.05) is 12.2 Å². The van der Waals surface area contributed by atoms with E-state index in [1.54, 1.807) is 6.07 Å². The van der Waals surface area contributed by atoms with E-state index in [1.165, 1.54) is 12.6 Å². The summed E-state index contributed by atoms with van der Waals surface area (Å²) in [5, 5.41) is 12.2. The van der Waals surface area contributed by atoms with Crippen LogP contribution in [0.15, 0.2) is 23.7 Å². The van der Waals surface area contributed by atoms with E-state index in [0.29, 0.717) is 5.30 Å². The molecule has 6 nitrogen and oxygen atoms in total. The maximum absolute atomic E-state index is 13.0. The van der Waals surface area contributed by atoms with Crippen LogP contribution in [0.2, 0.25) is 0 Å². The summed E-state index contributed by atoms with van der Waals surface area (Å²) >= 11 is 0.961. The number of aromatic carboxylic acids is 1. The Balaban J connectivity index is 2.44. The molecule has 1 aromatic carbocycles. The molecule has 0 fully saturated rings. The highest BCUT2D eigenvalue weighted by Crippen LogP contribution is 2.46. The molecule has 21 heavy (non-hydrogen) atoms. The van der Waals surface area contributed by atoms with E-state index in [2.05, 4.69) is 10.1 Å². The number of benzene rings is 1. The van der Waals surface area contributed by atoms with E-state index in [4.69, 9.17) is 9.63 Å². The van der Waals surface area contributed by atoms with Gasteiger partial charge in [0.2, 0.25) is 0 Å². The van der Waals surface area contributed by atoms with E-state index in [-0.39, 0.29) is 10.7 Å². The van der Waals surface area contributed by atoms with Gasteiger partial charge in [0.1, 0.15) is 0 Å². The zero-order chi connectivity index (χ0) is 15.6. The Morgan fingerprint density at radius 2 is 2.14 bits per heavy atom. The Hall–Kier alpha value is -1.69. The van der Waals surface area contributed by atoms with E-state index in [1.807, 2.05) is 26.0 Å². The van der Waals surface area contributed by atoms with Crippen LogP contribution >= 0.6 is 18.9 Å². The van der Waals surface area contributed by atoms with E-state index >= 15 is 0 Å². The Morgan fingerprint density at radius 3 is 2.71 bits per heavy atom. The molecular formula is C13H15N2O4PS. The van der Waals surface area contributed by atoms with Gasteiger partial charge in [-0.15, -0.1) is 11.3 Å². The van der Waals surface area contributed by atoms with Gasteiger partial charge in [-0.1, -0.05) is 17.7 Å². The molecular weight excluding hydrogens is 311 g/mol. The van der Waals surface area contributed by atoms with Crippen LogP contribution in [0.4, 0.5) is 5.82 Å². The van der Waals surface area contributed by atoms with Crippen LogP contribution in [-0.4, -0.2) is 23.2 Å². The number of nitrogens with zero attached hydrogens (tertiary/aromatic N) is 1. The first-order valence-electron chi connectivity index (χ1n) is 6.06. The Morgan fingerprint density at radius 1 is 1.43 bits per heavy atom. The molecule has 0 bridgehead atoms. The maximum atomic E-state index is 13.0. The lowest BCUT2D eigenvalue weighted by Gasteiger charge is -2.19. The maximum Gasteiger partial charge on any atom is 0.349 e. The number of nitrogens with one attached hydrogen (secondary N) is 1. The molecule has 0 aliphatic heterocycles. The van der Waals surface area contributed by atoms with Gasteiger partial charge in [0.15, 0.2) is 10.7 Å². The van der Waals surface area contributed by atoms with Crippen molar-refractivity contribution in [3.05, 3.63) is 39.7 Å². The van der Waals surface area contributed by atoms with Gasteiger partial charge in [0, 0.05) is 7.11 Å². The van der Waals surface area contributed by atoms with Crippen molar-refractivity contribution < 1.29 is 19.0 Å². The first-order chi connectivity index (χ1) is 9.87. The summed E-state index contributed by atoms with van der Waals surface area (Å²) in [5.41, 5.74) is 3.23. The van der Waals surface area contributed by atoms with Crippen molar-refractivity contribution in [3.8, 4) is 0 Å². The minimum atomic E-state index is -3.43. The molecule has 1 atom stereocenters. The lowest BCUT2D eigenvalue weighted by atomic mass is 10.2. The molecule has 1 heterocycles. The van der Waals surface area contributed by atoms with Gasteiger partial charge in [-0.2, -0.15) is 0 Å². The number of hydrogen-bond acceptors (Lipinski definition) is 5. The number of aryl methyl sites for hydroxylation is 2. The van der Waals surface area contributed by atoms with Crippen molar-refractivity contribution in [2.24, 2.45) is 0 Å². The largest absolute Gasteiger partial charge is 0.477 e. The van der Waals surface area contributed by atoms with Crippen molar-refractivity contribution in [2.45, 2.75) is 13.8 Å².